The molecule has 1 unspecified atom stereocenters. The van der Waals surface area contributed by atoms with Crippen molar-refractivity contribution in [2.45, 2.75) is 25.8 Å². The molecule has 0 saturated carbocycles. The second kappa shape index (κ2) is 6.98. The molecule has 0 bridgehead atoms. The summed E-state index contributed by atoms with van der Waals surface area (Å²) in [4.78, 5) is 4.28. The standard InChI is InChI=1S/C14H16ClFN2S/c1-2-6-17-12(9-13-18-7-8-19-13)10-4-3-5-11(16)14(10)15/h3-5,7-8,12,17H,2,6,9H2,1H3. The van der Waals surface area contributed by atoms with E-state index in [0.29, 0.717) is 0 Å². The van der Waals surface area contributed by atoms with E-state index in [1.165, 1.54) is 6.07 Å². The number of halogens is 2. The zero-order chi connectivity index (χ0) is 13.7. The Kier molecular flexibility index (Phi) is 5.31. The summed E-state index contributed by atoms with van der Waals surface area (Å²) in [6.45, 7) is 2.96. The van der Waals surface area contributed by atoms with Gasteiger partial charge < -0.3 is 5.32 Å². The first-order chi connectivity index (χ1) is 9.22. The third kappa shape index (κ3) is 3.75. The van der Waals surface area contributed by atoms with Crippen LogP contribution in [0.5, 0.6) is 0 Å². The smallest absolute Gasteiger partial charge is 0.142 e. The van der Waals surface area contributed by atoms with Crippen molar-refractivity contribution in [3.63, 3.8) is 0 Å². The van der Waals surface area contributed by atoms with Crippen molar-refractivity contribution in [3.05, 3.63) is 51.2 Å². The molecule has 0 aliphatic heterocycles. The van der Waals surface area contributed by atoms with Gasteiger partial charge in [0.05, 0.1) is 10.0 Å². The largest absolute Gasteiger partial charge is 0.310 e. The average molecular weight is 299 g/mol. The van der Waals surface area contributed by atoms with Gasteiger partial charge in [0, 0.05) is 24.0 Å². The Hall–Kier alpha value is -0.970. The molecule has 5 heteroatoms. The lowest BCUT2D eigenvalue weighted by Gasteiger charge is -2.19. The molecule has 0 radical (unpaired) electrons. The summed E-state index contributed by atoms with van der Waals surface area (Å²) in [6, 6.07) is 4.94. The lowest BCUT2D eigenvalue weighted by molar-refractivity contribution is 0.523. The molecule has 102 valence electrons. The topological polar surface area (TPSA) is 24.9 Å². The van der Waals surface area contributed by atoms with E-state index in [9.17, 15) is 4.39 Å². The van der Waals surface area contributed by atoms with Crippen LogP contribution in [-0.2, 0) is 6.42 Å². The SMILES string of the molecule is CCCNC(Cc1nccs1)c1cccc(F)c1Cl. The normalized spacial score (nSPS) is 12.6. The van der Waals surface area contributed by atoms with Crippen LogP contribution in [0, 0.1) is 5.82 Å². The molecule has 2 nitrogen and oxygen atoms in total. The molecular weight excluding hydrogens is 283 g/mol. The number of benzene rings is 1. The molecule has 1 aromatic carbocycles. The van der Waals surface area contributed by atoms with Gasteiger partial charge in [-0.25, -0.2) is 9.37 Å². The summed E-state index contributed by atoms with van der Waals surface area (Å²) in [5.74, 6) is -0.374. The van der Waals surface area contributed by atoms with Crippen LogP contribution in [0.4, 0.5) is 4.39 Å². The second-order valence-electron chi connectivity index (χ2n) is 4.28. The molecule has 1 atom stereocenters. The molecule has 19 heavy (non-hydrogen) atoms. The van der Waals surface area contributed by atoms with Crippen LogP contribution >= 0.6 is 22.9 Å². The first kappa shape index (κ1) is 14.4. The third-order valence-electron chi connectivity index (χ3n) is 2.86. The number of nitrogens with zero attached hydrogens (tertiary/aromatic N) is 1. The van der Waals surface area contributed by atoms with Crippen LogP contribution in [0.1, 0.15) is 30.0 Å². The predicted octanol–water partition coefficient (Wildman–Crippen LogP) is 4.22. The van der Waals surface area contributed by atoms with Gasteiger partial charge in [-0.1, -0.05) is 30.7 Å². The number of hydrogen-bond donors (Lipinski definition) is 1. The maximum absolute atomic E-state index is 13.6. The quantitative estimate of drug-likeness (QED) is 0.864. The van der Waals surface area contributed by atoms with Gasteiger partial charge in [-0.05, 0) is 24.6 Å². The Bertz CT molecular complexity index is 516. The highest BCUT2D eigenvalue weighted by molar-refractivity contribution is 7.09. The van der Waals surface area contributed by atoms with Gasteiger partial charge in [0.2, 0.25) is 0 Å². The van der Waals surface area contributed by atoms with Crippen molar-refractivity contribution >= 4 is 22.9 Å². The number of thiazole rings is 1. The van der Waals surface area contributed by atoms with Gasteiger partial charge in [-0.2, -0.15) is 0 Å². The maximum Gasteiger partial charge on any atom is 0.142 e. The van der Waals surface area contributed by atoms with E-state index in [-0.39, 0.29) is 16.9 Å². The van der Waals surface area contributed by atoms with E-state index >= 15 is 0 Å². The number of nitrogens with one attached hydrogen (secondary N) is 1. The Morgan fingerprint density at radius 2 is 2.32 bits per heavy atom. The van der Waals surface area contributed by atoms with Crippen molar-refractivity contribution < 1.29 is 4.39 Å². The van der Waals surface area contributed by atoms with Crippen molar-refractivity contribution in [2.75, 3.05) is 6.54 Å². The zero-order valence-electron chi connectivity index (χ0n) is 10.7. The minimum atomic E-state index is -0.374. The molecule has 0 aliphatic carbocycles. The minimum Gasteiger partial charge on any atom is -0.310 e. The highest BCUT2D eigenvalue weighted by Crippen LogP contribution is 2.28. The number of rotatable bonds is 6. The van der Waals surface area contributed by atoms with Gasteiger partial charge in [0.25, 0.3) is 0 Å². The van der Waals surface area contributed by atoms with E-state index < -0.39 is 0 Å². The summed E-state index contributed by atoms with van der Waals surface area (Å²) < 4.78 is 13.6. The monoisotopic (exact) mass is 298 g/mol. The Morgan fingerprint density at radius 3 is 3.00 bits per heavy atom. The molecule has 1 N–H and O–H groups in total. The molecule has 1 aromatic heterocycles. The lowest BCUT2D eigenvalue weighted by Crippen LogP contribution is -2.24. The summed E-state index contributed by atoms with van der Waals surface area (Å²) in [5, 5.41) is 6.58. The second-order valence-corrected chi connectivity index (χ2v) is 5.64. The molecule has 0 aliphatic rings. The summed E-state index contributed by atoms with van der Waals surface area (Å²) >= 11 is 7.68. The van der Waals surface area contributed by atoms with E-state index in [1.54, 1.807) is 23.6 Å². The third-order valence-corrected chi connectivity index (χ3v) is 4.06. The summed E-state index contributed by atoms with van der Waals surface area (Å²) in [6.07, 6.45) is 3.52. The lowest BCUT2D eigenvalue weighted by atomic mass is 10.0. The van der Waals surface area contributed by atoms with Crippen LogP contribution in [0.2, 0.25) is 5.02 Å². The summed E-state index contributed by atoms with van der Waals surface area (Å²) in [7, 11) is 0. The van der Waals surface area contributed by atoms with Crippen LogP contribution in [0.15, 0.2) is 29.8 Å². The van der Waals surface area contributed by atoms with Crippen molar-refractivity contribution in [1.29, 1.82) is 0 Å². The van der Waals surface area contributed by atoms with Gasteiger partial charge in [-0.15, -0.1) is 11.3 Å². The molecule has 0 fully saturated rings. The van der Waals surface area contributed by atoms with Crippen LogP contribution < -0.4 is 5.32 Å². The summed E-state index contributed by atoms with van der Waals surface area (Å²) in [5.41, 5.74) is 0.797. The molecule has 0 spiro atoms. The Morgan fingerprint density at radius 1 is 1.47 bits per heavy atom. The molecule has 2 aromatic rings. The molecule has 0 amide bonds. The molecule has 1 heterocycles. The van der Waals surface area contributed by atoms with E-state index in [2.05, 4.69) is 17.2 Å². The van der Waals surface area contributed by atoms with Crippen LogP contribution in [0.25, 0.3) is 0 Å². The van der Waals surface area contributed by atoms with Gasteiger partial charge in [-0.3, -0.25) is 0 Å². The number of aromatic nitrogens is 1. The molecular formula is C14H16ClFN2S. The Labute approximate surface area is 121 Å². The van der Waals surface area contributed by atoms with E-state index in [4.69, 9.17) is 11.6 Å². The number of hydrogen-bond acceptors (Lipinski definition) is 3. The van der Waals surface area contributed by atoms with Gasteiger partial charge >= 0.3 is 0 Å². The Balaban J connectivity index is 2.23. The molecule has 2 rings (SSSR count). The van der Waals surface area contributed by atoms with Crippen LogP contribution in [-0.4, -0.2) is 11.5 Å². The van der Waals surface area contributed by atoms with E-state index in [0.717, 1.165) is 30.0 Å². The van der Waals surface area contributed by atoms with Gasteiger partial charge in [0.1, 0.15) is 5.82 Å². The first-order valence-corrected chi connectivity index (χ1v) is 7.53. The van der Waals surface area contributed by atoms with E-state index in [1.807, 2.05) is 11.4 Å². The fourth-order valence-electron chi connectivity index (χ4n) is 1.93. The average Bonchev–Trinajstić information content (AvgIpc) is 2.91. The fourth-order valence-corrected chi connectivity index (χ4v) is 2.85. The minimum absolute atomic E-state index is 0.00528. The highest BCUT2D eigenvalue weighted by Gasteiger charge is 2.17. The first-order valence-electron chi connectivity index (χ1n) is 6.28. The predicted molar refractivity (Wildman–Crippen MR) is 78.3 cm³/mol. The highest BCUT2D eigenvalue weighted by atomic mass is 35.5. The zero-order valence-corrected chi connectivity index (χ0v) is 12.3. The fraction of sp³-hybridized carbons (Fsp3) is 0.357. The van der Waals surface area contributed by atoms with Crippen molar-refractivity contribution in [3.8, 4) is 0 Å². The van der Waals surface area contributed by atoms with Crippen LogP contribution in [0.3, 0.4) is 0 Å². The maximum atomic E-state index is 13.6. The van der Waals surface area contributed by atoms with Crippen molar-refractivity contribution in [1.82, 2.24) is 10.3 Å². The molecule has 0 saturated heterocycles. The van der Waals surface area contributed by atoms with Crippen molar-refractivity contribution in [2.24, 2.45) is 0 Å². The van der Waals surface area contributed by atoms with Gasteiger partial charge in [0.15, 0.2) is 0 Å².